The first-order valence-corrected chi connectivity index (χ1v) is 8.53. The highest BCUT2D eigenvalue weighted by Crippen LogP contribution is 2.27. The van der Waals surface area contributed by atoms with Crippen LogP contribution in [-0.2, 0) is 11.3 Å². The Morgan fingerprint density at radius 2 is 1.92 bits per heavy atom. The fourth-order valence-electron chi connectivity index (χ4n) is 2.22. The Balaban J connectivity index is 1.98. The molecule has 0 spiro atoms. The summed E-state index contributed by atoms with van der Waals surface area (Å²) in [4.78, 5) is 13.9. The van der Waals surface area contributed by atoms with Gasteiger partial charge in [-0.25, -0.2) is 0 Å². The van der Waals surface area contributed by atoms with E-state index in [4.69, 9.17) is 21.1 Å². The van der Waals surface area contributed by atoms with Gasteiger partial charge in [-0.05, 0) is 31.2 Å². The molecule has 0 aliphatic rings. The van der Waals surface area contributed by atoms with Crippen molar-refractivity contribution in [3.05, 3.63) is 57.0 Å². The standard InChI is InChI=1S/C18H19BrClNO3/c1-12-4-6-16(23-3)13(8-12)10-21(2)18(22)11-24-17-7-5-14(19)9-15(17)20/h4-9H,10-11H2,1-3H3. The summed E-state index contributed by atoms with van der Waals surface area (Å²) < 4.78 is 11.7. The number of ether oxygens (including phenoxy) is 2. The van der Waals surface area contributed by atoms with Crippen molar-refractivity contribution in [3.8, 4) is 11.5 Å². The lowest BCUT2D eigenvalue weighted by Crippen LogP contribution is -2.31. The second-order valence-electron chi connectivity index (χ2n) is 5.43. The molecule has 0 aliphatic heterocycles. The topological polar surface area (TPSA) is 38.8 Å². The molecule has 2 rings (SSSR count). The number of amides is 1. The third-order valence-electron chi connectivity index (χ3n) is 3.51. The van der Waals surface area contributed by atoms with Gasteiger partial charge in [0, 0.05) is 23.6 Å². The molecule has 0 N–H and O–H groups in total. The molecule has 0 saturated heterocycles. The number of methoxy groups -OCH3 is 1. The maximum atomic E-state index is 12.3. The van der Waals surface area contributed by atoms with E-state index in [9.17, 15) is 4.79 Å². The number of aryl methyl sites for hydroxylation is 1. The zero-order chi connectivity index (χ0) is 17.7. The van der Waals surface area contributed by atoms with E-state index in [0.29, 0.717) is 17.3 Å². The summed E-state index contributed by atoms with van der Waals surface area (Å²) in [5.41, 5.74) is 2.07. The maximum absolute atomic E-state index is 12.3. The molecule has 6 heteroatoms. The second kappa shape index (κ2) is 8.40. The average Bonchev–Trinajstić information content (AvgIpc) is 2.54. The molecule has 0 bridgehead atoms. The molecule has 0 saturated carbocycles. The van der Waals surface area contributed by atoms with Gasteiger partial charge in [0.2, 0.25) is 0 Å². The van der Waals surface area contributed by atoms with Crippen LogP contribution in [0.3, 0.4) is 0 Å². The minimum absolute atomic E-state index is 0.0774. The highest BCUT2D eigenvalue weighted by atomic mass is 79.9. The molecule has 0 aromatic heterocycles. The van der Waals surface area contributed by atoms with Crippen LogP contribution >= 0.6 is 27.5 Å². The van der Waals surface area contributed by atoms with Crippen LogP contribution in [-0.4, -0.2) is 31.6 Å². The molecule has 2 aromatic carbocycles. The van der Waals surface area contributed by atoms with Gasteiger partial charge in [-0.15, -0.1) is 0 Å². The van der Waals surface area contributed by atoms with Gasteiger partial charge in [0.05, 0.1) is 12.1 Å². The molecule has 0 atom stereocenters. The monoisotopic (exact) mass is 411 g/mol. The van der Waals surface area contributed by atoms with E-state index >= 15 is 0 Å². The van der Waals surface area contributed by atoms with Crippen LogP contribution in [0.5, 0.6) is 11.5 Å². The van der Waals surface area contributed by atoms with Crippen molar-refractivity contribution in [1.82, 2.24) is 4.90 Å². The van der Waals surface area contributed by atoms with Crippen LogP contribution in [0.1, 0.15) is 11.1 Å². The van der Waals surface area contributed by atoms with Gasteiger partial charge < -0.3 is 14.4 Å². The second-order valence-corrected chi connectivity index (χ2v) is 6.75. The average molecular weight is 413 g/mol. The van der Waals surface area contributed by atoms with E-state index in [1.165, 1.54) is 0 Å². The van der Waals surface area contributed by atoms with Gasteiger partial charge in [0.15, 0.2) is 6.61 Å². The SMILES string of the molecule is COc1ccc(C)cc1CN(C)C(=O)COc1ccc(Br)cc1Cl. The summed E-state index contributed by atoms with van der Waals surface area (Å²) in [5.74, 6) is 1.10. The van der Waals surface area contributed by atoms with Crippen molar-refractivity contribution in [3.63, 3.8) is 0 Å². The number of nitrogens with zero attached hydrogens (tertiary/aromatic N) is 1. The number of hydrogen-bond acceptors (Lipinski definition) is 3. The van der Waals surface area contributed by atoms with E-state index < -0.39 is 0 Å². The predicted molar refractivity (Wildman–Crippen MR) is 98.9 cm³/mol. The first-order valence-electron chi connectivity index (χ1n) is 7.36. The molecule has 0 unspecified atom stereocenters. The number of halogens is 2. The van der Waals surface area contributed by atoms with Crippen LogP contribution in [0.15, 0.2) is 40.9 Å². The number of likely N-dealkylation sites (N-methyl/N-ethyl adjacent to an activating group) is 1. The van der Waals surface area contributed by atoms with Gasteiger partial charge >= 0.3 is 0 Å². The Bertz CT molecular complexity index is 736. The minimum atomic E-state index is -0.141. The molecule has 128 valence electrons. The van der Waals surface area contributed by atoms with Crippen LogP contribution in [0, 0.1) is 6.92 Å². The smallest absolute Gasteiger partial charge is 0.260 e. The zero-order valence-electron chi connectivity index (χ0n) is 13.8. The van der Waals surface area contributed by atoms with E-state index in [0.717, 1.165) is 21.3 Å². The van der Waals surface area contributed by atoms with Crippen LogP contribution in [0.4, 0.5) is 0 Å². The highest BCUT2D eigenvalue weighted by Gasteiger charge is 2.14. The molecular formula is C18H19BrClNO3. The quantitative estimate of drug-likeness (QED) is 0.703. The van der Waals surface area contributed by atoms with E-state index in [1.54, 1.807) is 31.2 Å². The lowest BCUT2D eigenvalue weighted by molar-refractivity contribution is -0.132. The Kier molecular flexibility index (Phi) is 6.52. The molecule has 1 amide bonds. The Hall–Kier alpha value is -1.72. The van der Waals surface area contributed by atoms with Gasteiger partial charge in [-0.2, -0.15) is 0 Å². The lowest BCUT2D eigenvalue weighted by Gasteiger charge is -2.19. The fourth-order valence-corrected chi connectivity index (χ4v) is 2.94. The van der Waals surface area contributed by atoms with Gasteiger partial charge in [0.25, 0.3) is 5.91 Å². The molecule has 2 aromatic rings. The number of hydrogen-bond donors (Lipinski definition) is 0. The summed E-state index contributed by atoms with van der Waals surface area (Å²) in [6.45, 7) is 2.37. The van der Waals surface area contributed by atoms with Crippen LogP contribution < -0.4 is 9.47 Å². The highest BCUT2D eigenvalue weighted by molar-refractivity contribution is 9.10. The normalized spacial score (nSPS) is 10.4. The number of carbonyl (C=O) groups is 1. The first kappa shape index (κ1) is 18.6. The Morgan fingerprint density at radius 3 is 2.58 bits per heavy atom. The van der Waals surface area contributed by atoms with E-state index in [-0.39, 0.29) is 12.5 Å². The van der Waals surface area contributed by atoms with Crippen molar-refractivity contribution < 1.29 is 14.3 Å². The van der Waals surface area contributed by atoms with E-state index in [1.807, 2.05) is 31.2 Å². The third-order valence-corrected chi connectivity index (χ3v) is 4.30. The molecular weight excluding hydrogens is 394 g/mol. The molecule has 0 radical (unpaired) electrons. The fraction of sp³-hybridized carbons (Fsp3) is 0.278. The summed E-state index contributed by atoms with van der Waals surface area (Å²) in [5, 5.41) is 0.459. The maximum Gasteiger partial charge on any atom is 0.260 e. The Morgan fingerprint density at radius 1 is 1.21 bits per heavy atom. The summed E-state index contributed by atoms with van der Waals surface area (Å²) in [6, 6.07) is 11.2. The third kappa shape index (κ3) is 4.89. The van der Waals surface area contributed by atoms with Crippen molar-refractivity contribution in [1.29, 1.82) is 0 Å². The molecule has 0 aliphatic carbocycles. The summed E-state index contributed by atoms with van der Waals surface area (Å²) in [7, 11) is 3.35. The van der Waals surface area contributed by atoms with E-state index in [2.05, 4.69) is 15.9 Å². The number of rotatable bonds is 6. The molecule has 4 nitrogen and oxygen atoms in total. The van der Waals surface area contributed by atoms with Gasteiger partial charge in [-0.3, -0.25) is 4.79 Å². The van der Waals surface area contributed by atoms with Gasteiger partial charge in [-0.1, -0.05) is 45.2 Å². The number of benzene rings is 2. The van der Waals surface area contributed by atoms with Crippen molar-refractivity contribution in [2.24, 2.45) is 0 Å². The van der Waals surface area contributed by atoms with Crippen LogP contribution in [0.2, 0.25) is 5.02 Å². The number of carbonyl (C=O) groups excluding carboxylic acids is 1. The Labute approximate surface area is 155 Å². The minimum Gasteiger partial charge on any atom is -0.496 e. The lowest BCUT2D eigenvalue weighted by atomic mass is 10.1. The molecule has 24 heavy (non-hydrogen) atoms. The zero-order valence-corrected chi connectivity index (χ0v) is 16.1. The van der Waals surface area contributed by atoms with Crippen molar-refractivity contribution in [2.45, 2.75) is 13.5 Å². The summed E-state index contributed by atoms with van der Waals surface area (Å²) in [6.07, 6.45) is 0. The largest absolute Gasteiger partial charge is 0.496 e. The predicted octanol–water partition coefficient (Wildman–Crippen LogP) is 4.46. The van der Waals surface area contributed by atoms with Gasteiger partial charge in [0.1, 0.15) is 11.5 Å². The van der Waals surface area contributed by atoms with Crippen molar-refractivity contribution >= 4 is 33.4 Å². The molecule has 0 fully saturated rings. The first-order chi connectivity index (χ1) is 11.4. The van der Waals surface area contributed by atoms with Crippen LogP contribution in [0.25, 0.3) is 0 Å². The summed E-state index contributed by atoms with van der Waals surface area (Å²) >= 11 is 9.41. The van der Waals surface area contributed by atoms with Crippen molar-refractivity contribution in [2.75, 3.05) is 20.8 Å². The molecule has 0 heterocycles.